The molecule has 0 aliphatic heterocycles. The molecule has 0 saturated carbocycles. The van der Waals surface area contributed by atoms with Crippen molar-refractivity contribution in [2.24, 2.45) is 0 Å². The number of benzene rings is 7. The number of hydrogen-bond acceptors (Lipinski definition) is 2. The van der Waals surface area contributed by atoms with Crippen LogP contribution in [-0.4, -0.2) is 0 Å². The lowest BCUT2D eigenvalue weighted by atomic mass is 9.97. The molecular weight excluding hydrogens is 478 g/mol. The Kier molecular flexibility index (Phi) is 4.76. The first-order chi connectivity index (χ1) is 18.9. The van der Waals surface area contributed by atoms with Gasteiger partial charge in [0.2, 0.25) is 0 Å². The molecule has 0 aliphatic carbocycles. The number of anilines is 3. The summed E-state index contributed by atoms with van der Waals surface area (Å²) < 4.78 is 2.68. The van der Waals surface area contributed by atoms with Crippen LogP contribution in [0, 0.1) is 0 Å². The zero-order valence-electron chi connectivity index (χ0n) is 20.6. The largest absolute Gasteiger partial charge is 0.309 e. The van der Waals surface area contributed by atoms with E-state index in [4.69, 9.17) is 0 Å². The van der Waals surface area contributed by atoms with Gasteiger partial charge in [-0.25, -0.2) is 0 Å². The number of rotatable bonds is 3. The van der Waals surface area contributed by atoms with Crippen LogP contribution in [0.1, 0.15) is 0 Å². The number of thiophene rings is 1. The molecule has 0 spiro atoms. The second-order valence-electron chi connectivity index (χ2n) is 9.75. The van der Waals surface area contributed by atoms with Crippen LogP contribution in [0.3, 0.4) is 0 Å². The molecule has 0 bridgehead atoms. The fourth-order valence-electron chi connectivity index (χ4n) is 5.92. The van der Waals surface area contributed by atoms with Crippen LogP contribution < -0.4 is 4.90 Å². The zero-order chi connectivity index (χ0) is 25.1. The van der Waals surface area contributed by atoms with E-state index in [1.807, 2.05) is 11.3 Å². The third-order valence-corrected chi connectivity index (χ3v) is 8.82. The van der Waals surface area contributed by atoms with Crippen molar-refractivity contribution >= 4 is 80.9 Å². The summed E-state index contributed by atoms with van der Waals surface area (Å²) in [6, 6.07) is 50.7. The quantitative estimate of drug-likeness (QED) is 0.218. The Bertz CT molecular complexity index is 2140. The predicted molar refractivity (Wildman–Crippen MR) is 167 cm³/mol. The Morgan fingerprint density at radius 3 is 1.74 bits per heavy atom. The van der Waals surface area contributed by atoms with Gasteiger partial charge in [-0.2, -0.15) is 0 Å². The molecule has 0 aliphatic rings. The van der Waals surface area contributed by atoms with Gasteiger partial charge < -0.3 is 4.90 Å². The summed E-state index contributed by atoms with van der Waals surface area (Å²) in [5.74, 6) is 0. The summed E-state index contributed by atoms with van der Waals surface area (Å²) in [6.07, 6.45) is 0. The Hall–Kier alpha value is -4.66. The topological polar surface area (TPSA) is 3.24 Å². The Labute approximate surface area is 224 Å². The molecule has 0 N–H and O–H groups in total. The maximum absolute atomic E-state index is 2.46. The maximum atomic E-state index is 2.46. The van der Waals surface area contributed by atoms with E-state index in [-0.39, 0.29) is 0 Å². The first kappa shape index (κ1) is 21.4. The van der Waals surface area contributed by atoms with Gasteiger partial charge in [-0.3, -0.25) is 0 Å². The first-order valence-corrected chi connectivity index (χ1v) is 13.8. The van der Waals surface area contributed by atoms with E-state index in [1.165, 1.54) is 63.9 Å². The number of hydrogen-bond donors (Lipinski definition) is 0. The van der Waals surface area contributed by atoms with E-state index in [1.54, 1.807) is 0 Å². The molecule has 0 amide bonds. The molecule has 1 heterocycles. The van der Waals surface area contributed by atoms with Crippen molar-refractivity contribution in [2.75, 3.05) is 4.90 Å². The lowest BCUT2D eigenvalue weighted by molar-refractivity contribution is 1.32. The molecule has 0 radical (unpaired) electrons. The third kappa shape index (κ3) is 3.17. The molecule has 38 heavy (non-hydrogen) atoms. The van der Waals surface area contributed by atoms with Crippen LogP contribution in [0.5, 0.6) is 0 Å². The second kappa shape index (κ2) is 8.44. The van der Waals surface area contributed by atoms with Crippen molar-refractivity contribution in [1.82, 2.24) is 0 Å². The number of nitrogens with zero attached hydrogens (tertiary/aromatic N) is 1. The molecule has 178 valence electrons. The van der Waals surface area contributed by atoms with Crippen LogP contribution in [0.25, 0.3) is 52.5 Å². The number of fused-ring (bicyclic) bond motifs is 8. The summed E-state index contributed by atoms with van der Waals surface area (Å²) >= 11 is 1.89. The molecule has 2 heteroatoms. The Balaban J connectivity index is 1.55. The molecule has 0 fully saturated rings. The Morgan fingerprint density at radius 1 is 0.395 bits per heavy atom. The minimum atomic E-state index is 1.15. The van der Waals surface area contributed by atoms with Crippen molar-refractivity contribution in [3.05, 3.63) is 140 Å². The molecular formula is C36H23NS. The fourth-order valence-corrected chi connectivity index (χ4v) is 7.14. The van der Waals surface area contributed by atoms with Crippen LogP contribution >= 0.6 is 11.3 Å². The molecule has 8 aromatic rings. The third-order valence-electron chi connectivity index (χ3n) is 7.60. The van der Waals surface area contributed by atoms with Gasteiger partial charge in [-0.15, -0.1) is 11.3 Å². The predicted octanol–water partition coefficient (Wildman–Crippen LogP) is 11.0. The monoisotopic (exact) mass is 501 g/mol. The van der Waals surface area contributed by atoms with Gasteiger partial charge in [0.05, 0.1) is 11.4 Å². The van der Waals surface area contributed by atoms with Crippen molar-refractivity contribution < 1.29 is 0 Å². The standard InChI is InChI=1S/C36H23NS/c1-2-13-25(14-3-1)37(33-22-24-12-4-5-15-26(24)27-16-6-7-17-28(27)33)34-23-32-30-19-10-11-21-35(30)38-36(32)31-20-9-8-18-29(31)34/h1-23H. The maximum Gasteiger partial charge on any atom is 0.0547 e. The van der Waals surface area contributed by atoms with Gasteiger partial charge in [0.25, 0.3) is 0 Å². The Morgan fingerprint density at radius 2 is 0.947 bits per heavy atom. The molecule has 8 rings (SSSR count). The summed E-state index contributed by atoms with van der Waals surface area (Å²) in [7, 11) is 0. The fraction of sp³-hybridized carbons (Fsp3) is 0. The lowest BCUT2D eigenvalue weighted by Crippen LogP contribution is -2.11. The second-order valence-corrected chi connectivity index (χ2v) is 10.8. The summed E-state index contributed by atoms with van der Waals surface area (Å²) in [5.41, 5.74) is 3.54. The van der Waals surface area contributed by atoms with Gasteiger partial charge in [0.15, 0.2) is 0 Å². The van der Waals surface area contributed by atoms with E-state index in [9.17, 15) is 0 Å². The van der Waals surface area contributed by atoms with Gasteiger partial charge in [-0.05, 0) is 46.5 Å². The molecule has 0 saturated heterocycles. The highest BCUT2D eigenvalue weighted by Gasteiger charge is 2.21. The van der Waals surface area contributed by atoms with Crippen molar-refractivity contribution in [3.8, 4) is 0 Å². The van der Waals surface area contributed by atoms with E-state index in [0.29, 0.717) is 0 Å². The highest BCUT2D eigenvalue weighted by Crippen LogP contribution is 2.48. The van der Waals surface area contributed by atoms with E-state index in [0.717, 1.165) is 5.69 Å². The highest BCUT2D eigenvalue weighted by molar-refractivity contribution is 7.26. The average molecular weight is 502 g/mol. The zero-order valence-corrected chi connectivity index (χ0v) is 21.5. The van der Waals surface area contributed by atoms with E-state index >= 15 is 0 Å². The summed E-state index contributed by atoms with van der Waals surface area (Å²) in [4.78, 5) is 2.46. The molecule has 0 unspecified atom stereocenters. The first-order valence-electron chi connectivity index (χ1n) is 13.0. The van der Waals surface area contributed by atoms with Gasteiger partial charge in [0, 0.05) is 42.0 Å². The van der Waals surface area contributed by atoms with E-state index in [2.05, 4.69) is 144 Å². The van der Waals surface area contributed by atoms with Crippen LogP contribution in [0.4, 0.5) is 17.1 Å². The SMILES string of the molecule is c1ccc(N(c2cc3ccccc3c3ccccc23)c2cc3c4ccccc4sc3c3ccccc23)cc1. The van der Waals surface area contributed by atoms with Crippen LogP contribution in [-0.2, 0) is 0 Å². The van der Waals surface area contributed by atoms with Crippen LogP contribution in [0.15, 0.2) is 140 Å². The van der Waals surface area contributed by atoms with Gasteiger partial charge in [-0.1, -0.05) is 109 Å². The highest BCUT2D eigenvalue weighted by atomic mass is 32.1. The van der Waals surface area contributed by atoms with Gasteiger partial charge in [0.1, 0.15) is 0 Å². The molecule has 1 aromatic heterocycles. The summed E-state index contributed by atoms with van der Waals surface area (Å²) in [5, 5.41) is 10.2. The van der Waals surface area contributed by atoms with Crippen LogP contribution in [0.2, 0.25) is 0 Å². The average Bonchev–Trinajstić information content (AvgIpc) is 3.37. The van der Waals surface area contributed by atoms with Crippen molar-refractivity contribution in [3.63, 3.8) is 0 Å². The minimum Gasteiger partial charge on any atom is -0.309 e. The molecule has 0 atom stereocenters. The minimum absolute atomic E-state index is 1.15. The number of para-hydroxylation sites is 1. The van der Waals surface area contributed by atoms with Crippen molar-refractivity contribution in [2.45, 2.75) is 0 Å². The van der Waals surface area contributed by atoms with Gasteiger partial charge >= 0.3 is 0 Å². The summed E-state index contributed by atoms with van der Waals surface area (Å²) in [6.45, 7) is 0. The van der Waals surface area contributed by atoms with Crippen molar-refractivity contribution in [1.29, 1.82) is 0 Å². The van der Waals surface area contributed by atoms with E-state index < -0.39 is 0 Å². The smallest absolute Gasteiger partial charge is 0.0547 e. The molecule has 1 nitrogen and oxygen atoms in total. The molecule has 7 aromatic carbocycles. The lowest BCUT2D eigenvalue weighted by Gasteiger charge is -2.29. The normalized spacial score (nSPS) is 11.7.